The summed E-state index contributed by atoms with van der Waals surface area (Å²) in [7, 11) is 1.55. The second-order valence-electron chi connectivity index (χ2n) is 5.19. The van der Waals surface area contributed by atoms with E-state index in [1.165, 1.54) is 0 Å². The summed E-state index contributed by atoms with van der Waals surface area (Å²) in [6.07, 6.45) is 2.17. The molecule has 0 saturated heterocycles. The van der Waals surface area contributed by atoms with E-state index in [4.69, 9.17) is 10.5 Å². The fraction of sp³-hybridized carbons (Fsp3) is 0.538. The number of nitrogens with two attached hydrogens (primary N) is 1. The van der Waals surface area contributed by atoms with Gasteiger partial charge in [0, 0.05) is 11.0 Å². The van der Waals surface area contributed by atoms with Gasteiger partial charge in [0.05, 0.1) is 7.11 Å². The summed E-state index contributed by atoms with van der Waals surface area (Å²) in [6.45, 7) is 4.09. The largest absolute Gasteiger partial charge is 0.504 e. The van der Waals surface area contributed by atoms with Gasteiger partial charge >= 0.3 is 0 Å². The van der Waals surface area contributed by atoms with Crippen LogP contribution in [0.5, 0.6) is 11.5 Å². The van der Waals surface area contributed by atoms with Crippen LogP contribution in [0.2, 0.25) is 0 Å². The highest BCUT2D eigenvalue weighted by molar-refractivity contribution is 5.47. The van der Waals surface area contributed by atoms with E-state index in [0.717, 1.165) is 18.4 Å². The van der Waals surface area contributed by atoms with Crippen molar-refractivity contribution in [3.8, 4) is 11.5 Å². The summed E-state index contributed by atoms with van der Waals surface area (Å²) >= 11 is 0. The molecule has 0 bridgehead atoms. The molecule has 3 heteroatoms. The molecule has 1 saturated carbocycles. The smallest absolute Gasteiger partial charge is 0.160 e. The van der Waals surface area contributed by atoms with Gasteiger partial charge in [0.1, 0.15) is 0 Å². The monoisotopic (exact) mass is 221 g/mol. The first-order valence-electron chi connectivity index (χ1n) is 5.57. The maximum absolute atomic E-state index is 9.78. The Bertz CT molecular complexity index is 403. The molecule has 0 radical (unpaired) electrons. The number of phenols is 1. The van der Waals surface area contributed by atoms with E-state index in [9.17, 15) is 5.11 Å². The maximum atomic E-state index is 9.78. The van der Waals surface area contributed by atoms with Crippen molar-refractivity contribution in [2.45, 2.75) is 37.6 Å². The molecule has 0 aromatic heterocycles. The van der Waals surface area contributed by atoms with Gasteiger partial charge in [-0.1, -0.05) is 6.07 Å². The third-order valence-electron chi connectivity index (χ3n) is 3.71. The Morgan fingerprint density at radius 2 is 2.00 bits per heavy atom. The van der Waals surface area contributed by atoms with Gasteiger partial charge in [0.2, 0.25) is 0 Å². The van der Waals surface area contributed by atoms with E-state index >= 15 is 0 Å². The maximum Gasteiger partial charge on any atom is 0.160 e. The molecule has 1 aliphatic carbocycles. The minimum Gasteiger partial charge on any atom is -0.504 e. The molecule has 0 heterocycles. The van der Waals surface area contributed by atoms with Gasteiger partial charge < -0.3 is 15.6 Å². The van der Waals surface area contributed by atoms with Crippen LogP contribution in [0.1, 0.15) is 32.3 Å². The van der Waals surface area contributed by atoms with E-state index in [-0.39, 0.29) is 16.7 Å². The summed E-state index contributed by atoms with van der Waals surface area (Å²) < 4.78 is 5.04. The van der Waals surface area contributed by atoms with Crippen molar-refractivity contribution in [2.75, 3.05) is 7.11 Å². The summed E-state index contributed by atoms with van der Waals surface area (Å²) in [5.41, 5.74) is 7.09. The Hall–Kier alpha value is -1.22. The SMILES string of the molecule is COc1ccc(C2(C(C)(C)N)CC2)cc1O. The third kappa shape index (κ3) is 1.55. The highest BCUT2D eigenvalue weighted by Gasteiger charge is 2.53. The van der Waals surface area contributed by atoms with Gasteiger partial charge in [-0.05, 0) is 44.4 Å². The molecule has 0 unspecified atom stereocenters. The fourth-order valence-corrected chi connectivity index (χ4v) is 2.42. The van der Waals surface area contributed by atoms with Gasteiger partial charge in [-0.2, -0.15) is 0 Å². The van der Waals surface area contributed by atoms with Crippen LogP contribution >= 0.6 is 0 Å². The number of methoxy groups -OCH3 is 1. The second kappa shape index (κ2) is 3.39. The average Bonchev–Trinajstić information content (AvgIpc) is 2.97. The lowest BCUT2D eigenvalue weighted by Gasteiger charge is -2.31. The lowest BCUT2D eigenvalue weighted by molar-refractivity contribution is 0.366. The zero-order valence-corrected chi connectivity index (χ0v) is 10.1. The zero-order chi connectivity index (χ0) is 12.0. The van der Waals surface area contributed by atoms with Crippen molar-refractivity contribution in [3.63, 3.8) is 0 Å². The Morgan fingerprint density at radius 3 is 2.38 bits per heavy atom. The zero-order valence-electron chi connectivity index (χ0n) is 10.1. The standard InChI is InChI=1S/C13H19NO2/c1-12(2,14)13(6-7-13)9-4-5-11(16-3)10(15)8-9/h4-5,8,15H,6-7,14H2,1-3H3. The van der Waals surface area contributed by atoms with E-state index in [1.54, 1.807) is 19.2 Å². The normalized spacial score (nSPS) is 18.2. The summed E-state index contributed by atoms with van der Waals surface area (Å²) in [4.78, 5) is 0. The van der Waals surface area contributed by atoms with Crippen LogP contribution in [-0.4, -0.2) is 17.8 Å². The number of hydrogen-bond donors (Lipinski definition) is 2. The van der Waals surface area contributed by atoms with Crippen molar-refractivity contribution < 1.29 is 9.84 Å². The number of ether oxygens (including phenoxy) is 1. The summed E-state index contributed by atoms with van der Waals surface area (Å²) in [5.74, 6) is 0.699. The molecule has 1 fully saturated rings. The number of aromatic hydroxyl groups is 1. The van der Waals surface area contributed by atoms with Crippen LogP contribution < -0.4 is 10.5 Å². The Balaban J connectivity index is 2.39. The molecule has 3 nitrogen and oxygen atoms in total. The second-order valence-corrected chi connectivity index (χ2v) is 5.19. The fourth-order valence-electron chi connectivity index (χ4n) is 2.42. The van der Waals surface area contributed by atoms with Gasteiger partial charge in [-0.3, -0.25) is 0 Å². The molecule has 0 amide bonds. The quantitative estimate of drug-likeness (QED) is 0.822. The van der Waals surface area contributed by atoms with Crippen LogP contribution in [-0.2, 0) is 5.41 Å². The molecule has 1 aliphatic rings. The summed E-state index contributed by atoms with van der Waals surface area (Å²) in [5, 5.41) is 9.78. The minimum absolute atomic E-state index is 0.0246. The molecular formula is C13H19NO2. The Morgan fingerprint density at radius 1 is 1.38 bits per heavy atom. The highest BCUT2D eigenvalue weighted by Crippen LogP contribution is 2.55. The Kier molecular flexibility index (Phi) is 2.39. The third-order valence-corrected chi connectivity index (χ3v) is 3.71. The summed E-state index contributed by atoms with van der Waals surface area (Å²) in [6, 6.07) is 5.58. The number of rotatable bonds is 3. The van der Waals surface area contributed by atoms with Crippen molar-refractivity contribution in [2.24, 2.45) is 5.73 Å². The van der Waals surface area contributed by atoms with E-state index in [2.05, 4.69) is 0 Å². The topological polar surface area (TPSA) is 55.5 Å². The van der Waals surface area contributed by atoms with E-state index < -0.39 is 0 Å². The number of hydrogen-bond acceptors (Lipinski definition) is 3. The first kappa shape index (κ1) is 11.3. The highest BCUT2D eigenvalue weighted by atomic mass is 16.5. The number of phenolic OH excluding ortho intramolecular Hbond substituents is 1. The van der Waals surface area contributed by atoms with Crippen LogP contribution in [0.25, 0.3) is 0 Å². The van der Waals surface area contributed by atoms with Crippen molar-refractivity contribution in [1.29, 1.82) is 0 Å². The molecule has 0 atom stereocenters. The van der Waals surface area contributed by atoms with Crippen LogP contribution in [0.4, 0.5) is 0 Å². The lowest BCUT2D eigenvalue weighted by atomic mass is 9.79. The molecule has 0 aliphatic heterocycles. The minimum atomic E-state index is -0.256. The first-order valence-corrected chi connectivity index (χ1v) is 5.57. The number of benzene rings is 1. The van der Waals surface area contributed by atoms with Crippen molar-refractivity contribution in [3.05, 3.63) is 23.8 Å². The molecule has 16 heavy (non-hydrogen) atoms. The first-order chi connectivity index (χ1) is 7.40. The van der Waals surface area contributed by atoms with Crippen LogP contribution in [0, 0.1) is 0 Å². The Labute approximate surface area is 96.2 Å². The van der Waals surface area contributed by atoms with Crippen LogP contribution in [0.3, 0.4) is 0 Å². The van der Waals surface area contributed by atoms with E-state index in [1.807, 2.05) is 19.9 Å². The van der Waals surface area contributed by atoms with Gasteiger partial charge in [-0.15, -0.1) is 0 Å². The lowest BCUT2D eigenvalue weighted by Crippen LogP contribution is -2.45. The van der Waals surface area contributed by atoms with Gasteiger partial charge in [0.15, 0.2) is 11.5 Å². The molecule has 1 aromatic rings. The van der Waals surface area contributed by atoms with Gasteiger partial charge in [-0.25, -0.2) is 0 Å². The van der Waals surface area contributed by atoms with Crippen LogP contribution in [0.15, 0.2) is 18.2 Å². The predicted octanol–water partition coefficient (Wildman–Crippen LogP) is 2.17. The molecule has 88 valence electrons. The molecule has 3 N–H and O–H groups in total. The molecular weight excluding hydrogens is 202 g/mol. The van der Waals surface area contributed by atoms with Gasteiger partial charge in [0.25, 0.3) is 0 Å². The van der Waals surface area contributed by atoms with Crippen molar-refractivity contribution >= 4 is 0 Å². The van der Waals surface area contributed by atoms with Crippen molar-refractivity contribution in [1.82, 2.24) is 0 Å². The molecule has 2 rings (SSSR count). The average molecular weight is 221 g/mol. The van der Waals surface area contributed by atoms with E-state index in [0.29, 0.717) is 5.75 Å². The predicted molar refractivity (Wildman–Crippen MR) is 63.8 cm³/mol. The molecule has 1 aromatic carbocycles. The molecule has 0 spiro atoms.